The van der Waals surface area contributed by atoms with E-state index in [0.29, 0.717) is 0 Å². The highest BCUT2D eigenvalue weighted by Gasteiger charge is 2.39. The summed E-state index contributed by atoms with van der Waals surface area (Å²) in [5.41, 5.74) is 1.29. The van der Waals surface area contributed by atoms with Crippen molar-refractivity contribution in [2.24, 2.45) is 0 Å². The van der Waals surface area contributed by atoms with Crippen LogP contribution in [0.3, 0.4) is 0 Å². The van der Waals surface area contributed by atoms with E-state index in [-0.39, 0.29) is 11.9 Å². The summed E-state index contributed by atoms with van der Waals surface area (Å²) in [6, 6.07) is 10.5. The lowest BCUT2D eigenvalue weighted by Crippen LogP contribution is -2.43. The molecule has 0 aromatic heterocycles. The molecule has 1 spiro atoms. The Morgan fingerprint density at radius 1 is 1.00 bits per heavy atom. The van der Waals surface area contributed by atoms with Gasteiger partial charge in [0.15, 0.2) is 5.79 Å². The van der Waals surface area contributed by atoms with Crippen molar-refractivity contribution in [2.75, 3.05) is 6.61 Å². The molecule has 1 atom stereocenters. The van der Waals surface area contributed by atoms with Gasteiger partial charge in [0.2, 0.25) is 0 Å². The fourth-order valence-corrected chi connectivity index (χ4v) is 2.96. The molecule has 1 aromatic rings. The SMILES string of the molecule is c1ccc(C2CCOC3(CCCCC3)O2)cc1. The van der Waals surface area contributed by atoms with Gasteiger partial charge in [0.1, 0.15) is 0 Å². The quantitative estimate of drug-likeness (QED) is 0.732. The van der Waals surface area contributed by atoms with Gasteiger partial charge >= 0.3 is 0 Å². The second-order valence-electron chi connectivity index (χ2n) is 5.13. The standard InChI is InChI=1S/C15H20O2/c1-3-7-13(8-4-1)14-9-12-16-15(17-14)10-5-2-6-11-15/h1,3-4,7-8,14H,2,5-6,9-12H2. The molecule has 1 heterocycles. The van der Waals surface area contributed by atoms with Gasteiger partial charge in [0.25, 0.3) is 0 Å². The first-order valence-corrected chi connectivity index (χ1v) is 6.75. The minimum absolute atomic E-state index is 0.225. The van der Waals surface area contributed by atoms with Crippen LogP contribution in [0.2, 0.25) is 0 Å². The fourth-order valence-electron chi connectivity index (χ4n) is 2.96. The Kier molecular flexibility index (Phi) is 3.17. The summed E-state index contributed by atoms with van der Waals surface area (Å²) in [6.45, 7) is 0.833. The molecule has 92 valence electrons. The van der Waals surface area contributed by atoms with Crippen molar-refractivity contribution in [1.82, 2.24) is 0 Å². The average molecular weight is 232 g/mol. The van der Waals surface area contributed by atoms with Crippen LogP contribution in [0.1, 0.15) is 50.2 Å². The second kappa shape index (κ2) is 4.79. The molecule has 1 aliphatic carbocycles. The largest absolute Gasteiger partial charge is 0.350 e. The Morgan fingerprint density at radius 2 is 1.76 bits per heavy atom. The Morgan fingerprint density at radius 3 is 2.53 bits per heavy atom. The van der Waals surface area contributed by atoms with E-state index in [9.17, 15) is 0 Å². The molecule has 1 aromatic carbocycles. The van der Waals surface area contributed by atoms with Gasteiger partial charge in [-0.25, -0.2) is 0 Å². The molecular weight excluding hydrogens is 212 g/mol. The highest BCUT2D eigenvalue weighted by atomic mass is 16.7. The van der Waals surface area contributed by atoms with E-state index in [2.05, 4.69) is 30.3 Å². The van der Waals surface area contributed by atoms with Crippen LogP contribution in [0.4, 0.5) is 0 Å². The predicted molar refractivity (Wildman–Crippen MR) is 66.7 cm³/mol. The molecule has 1 unspecified atom stereocenters. The van der Waals surface area contributed by atoms with Crippen LogP contribution in [0, 0.1) is 0 Å². The molecule has 1 saturated carbocycles. The number of benzene rings is 1. The summed E-state index contributed by atoms with van der Waals surface area (Å²) in [7, 11) is 0. The lowest BCUT2D eigenvalue weighted by Gasteiger charge is -2.43. The Balaban J connectivity index is 1.75. The molecule has 0 bridgehead atoms. The van der Waals surface area contributed by atoms with Crippen molar-refractivity contribution in [2.45, 2.75) is 50.4 Å². The van der Waals surface area contributed by atoms with Gasteiger partial charge < -0.3 is 9.47 Å². The zero-order chi connectivity index (χ0) is 11.6. The topological polar surface area (TPSA) is 18.5 Å². The molecule has 1 aliphatic heterocycles. The van der Waals surface area contributed by atoms with Gasteiger partial charge in [-0.05, 0) is 18.4 Å². The number of hydrogen-bond acceptors (Lipinski definition) is 2. The van der Waals surface area contributed by atoms with Gasteiger partial charge in [0, 0.05) is 19.3 Å². The van der Waals surface area contributed by atoms with E-state index in [1.165, 1.54) is 24.8 Å². The molecule has 17 heavy (non-hydrogen) atoms. The van der Waals surface area contributed by atoms with E-state index >= 15 is 0 Å². The Hall–Kier alpha value is -0.860. The normalized spacial score (nSPS) is 28.1. The maximum Gasteiger partial charge on any atom is 0.169 e. The third kappa shape index (κ3) is 2.38. The molecule has 2 nitrogen and oxygen atoms in total. The van der Waals surface area contributed by atoms with Crippen molar-refractivity contribution < 1.29 is 9.47 Å². The fraction of sp³-hybridized carbons (Fsp3) is 0.600. The molecule has 3 rings (SSSR count). The first-order valence-electron chi connectivity index (χ1n) is 6.75. The van der Waals surface area contributed by atoms with Crippen molar-refractivity contribution in [3.8, 4) is 0 Å². The van der Waals surface area contributed by atoms with E-state index in [4.69, 9.17) is 9.47 Å². The van der Waals surface area contributed by atoms with E-state index in [1.54, 1.807) is 0 Å². The van der Waals surface area contributed by atoms with Crippen LogP contribution < -0.4 is 0 Å². The zero-order valence-corrected chi connectivity index (χ0v) is 10.2. The molecule has 2 aliphatic rings. The molecular formula is C15H20O2. The highest BCUT2D eigenvalue weighted by molar-refractivity contribution is 5.18. The van der Waals surface area contributed by atoms with Gasteiger partial charge in [-0.1, -0.05) is 36.8 Å². The molecule has 0 N–H and O–H groups in total. The maximum atomic E-state index is 6.28. The summed E-state index contributed by atoms with van der Waals surface area (Å²) >= 11 is 0. The summed E-state index contributed by atoms with van der Waals surface area (Å²) in [5, 5.41) is 0. The summed E-state index contributed by atoms with van der Waals surface area (Å²) in [5.74, 6) is -0.267. The smallest absolute Gasteiger partial charge is 0.169 e. The van der Waals surface area contributed by atoms with Gasteiger partial charge in [-0.2, -0.15) is 0 Å². The Labute approximate surface area is 103 Å². The van der Waals surface area contributed by atoms with Gasteiger partial charge in [0.05, 0.1) is 12.7 Å². The molecule has 2 fully saturated rings. The van der Waals surface area contributed by atoms with Crippen molar-refractivity contribution in [1.29, 1.82) is 0 Å². The summed E-state index contributed by atoms with van der Waals surface area (Å²) in [6.07, 6.45) is 7.13. The molecule has 1 saturated heterocycles. The maximum absolute atomic E-state index is 6.28. The lowest BCUT2D eigenvalue weighted by atomic mass is 9.92. The number of hydrogen-bond donors (Lipinski definition) is 0. The zero-order valence-electron chi connectivity index (χ0n) is 10.2. The highest BCUT2D eigenvalue weighted by Crippen LogP contribution is 2.41. The Bertz CT molecular complexity index is 349. The third-order valence-electron chi connectivity index (χ3n) is 3.89. The van der Waals surface area contributed by atoms with Crippen LogP contribution in [-0.4, -0.2) is 12.4 Å². The monoisotopic (exact) mass is 232 g/mol. The average Bonchev–Trinajstić information content (AvgIpc) is 2.41. The van der Waals surface area contributed by atoms with Crippen LogP contribution in [-0.2, 0) is 9.47 Å². The van der Waals surface area contributed by atoms with Crippen molar-refractivity contribution in [3.63, 3.8) is 0 Å². The summed E-state index contributed by atoms with van der Waals surface area (Å²) < 4.78 is 12.2. The van der Waals surface area contributed by atoms with Crippen LogP contribution in [0.25, 0.3) is 0 Å². The minimum atomic E-state index is -0.267. The van der Waals surface area contributed by atoms with Crippen LogP contribution in [0.15, 0.2) is 30.3 Å². The van der Waals surface area contributed by atoms with Crippen molar-refractivity contribution in [3.05, 3.63) is 35.9 Å². The van der Waals surface area contributed by atoms with Crippen LogP contribution in [0.5, 0.6) is 0 Å². The first kappa shape index (κ1) is 11.2. The van der Waals surface area contributed by atoms with E-state index in [0.717, 1.165) is 25.9 Å². The lowest BCUT2D eigenvalue weighted by molar-refractivity contribution is -0.307. The number of rotatable bonds is 1. The predicted octanol–water partition coefficient (Wildman–Crippen LogP) is 3.83. The van der Waals surface area contributed by atoms with E-state index < -0.39 is 0 Å². The second-order valence-corrected chi connectivity index (χ2v) is 5.13. The van der Waals surface area contributed by atoms with Gasteiger partial charge in [-0.3, -0.25) is 0 Å². The van der Waals surface area contributed by atoms with Gasteiger partial charge in [-0.15, -0.1) is 0 Å². The molecule has 0 amide bonds. The minimum Gasteiger partial charge on any atom is -0.350 e. The van der Waals surface area contributed by atoms with Crippen LogP contribution >= 0.6 is 0 Å². The first-order chi connectivity index (χ1) is 8.38. The van der Waals surface area contributed by atoms with Crippen molar-refractivity contribution >= 4 is 0 Å². The number of ether oxygens (including phenoxy) is 2. The molecule has 2 heteroatoms. The van der Waals surface area contributed by atoms with E-state index in [1.807, 2.05) is 0 Å². The summed E-state index contributed by atoms with van der Waals surface area (Å²) in [4.78, 5) is 0. The third-order valence-corrected chi connectivity index (χ3v) is 3.89. The molecule has 0 radical (unpaired) electrons.